The molecule has 0 aliphatic heterocycles. The lowest BCUT2D eigenvalue weighted by atomic mass is 9.70. The van der Waals surface area contributed by atoms with Crippen LogP contribution in [-0.2, 0) is 16.5 Å². The van der Waals surface area contributed by atoms with Crippen molar-refractivity contribution >= 4 is 11.1 Å². The Morgan fingerprint density at radius 2 is 1.00 bits per heavy atom. The molecule has 0 heterocycles. The quantitative estimate of drug-likeness (QED) is 0.376. The van der Waals surface area contributed by atoms with E-state index >= 15 is 0 Å². The maximum absolute atomic E-state index is 12.4. The smallest absolute Gasteiger partial charge is 0.186 e. The predicted octanol–water partition coefficient (Wildman–Crippen LogP) is 5.61. The molecule has 3 heteroatoms. The van der Waals surface area contributed by atoms with Crippen molar-refractivity contribution in [3.63, 3.8) is 0 Å². The van der Waals surface area contributed by atoms with Crippen molar-refractivity contribution in [1.29, 1.82) is 0 Å². The normalized spacial score (nSPS) is 15.6. The highest BCUT2D eigenvalue weighted by Gasteiger charge is 2.52. The van der Waals surface area contributed by atoms with Gasteiger partial charge in [-0.05, 0) is 50.6 Å². The van der Waals surface area contributed by atoms with Gasteiger partial charge in [0, 0.05) is 0 Å². The lowest BCUT2D eigenvalue weighted by Gasteiger charge is -2.31. The van der Waals surface area contributed by atoms with Gasteiger partial charge in [0.2, 0.25) is 0 Å². The molecule has 2 nitrogen and oxygen atoms in total. The Kier molecular flexibility index (Phi) is 3.14. The Bertz CT molecular complexity index is 1240. The fraction of sp³-hybridized carbons (Fsp3) is 0.0400. The van der Waals surface area contributed by atoms with Crippen molar-refractivity contribution in [2.75, 3.05) is 0 Å². The van der Waals surface area contributed by atoms with Gasteiger partial charge in [-0.3, -0.25) is 0 Å². The van der Waals surface area contributed by atoms with Crippen molar-refractivity contribution in [3.05, 3.63) is 113 Å². The van der Waals surface area contributed by atoms with E-state index < -0.39 is 16.5 Å². The van der Waals surface area contributed by atoms with E-state index in [4.69, 9.17) is 0 Å². The number of rotatable bonds is 1. The summed E-state index contributed by atoms with van der Waals surface area (Å²) in [5, 5.41) is 0. The minimum absolute atomic E-state index is 0.486. The van der Waals surface area contributed by atoms with Gasteiger partial charge in [-0.1, -0.05) is 84.9 Å². The second-order valence-electron chi connectivity index (χ2n) is 7.31. The van der Waals surface area contributed by atoms with Crippen LogP contribution in [0.2, 0.25) is 0 Å². The molecule has 0 saturated heterocycles. The zero-order valence-electron chi connectivity index (χ0n) is 14.9. The van der Waals surface area contributed by atoms with Gasteiger partial charge in [0.25, 0.3) is 0 Å². The summed E-state index contributed by atoms with van der Waals surface area (Å²) in [7, 11) is 0. The highest BCUT2D eigenvalue weighted by Crippen LogP contribution is 2.63. The fourth-order valence-electron chi connectivity index (χ4n) is 5.26. The summed E-state index contributed by atoms with van der Waals surface area (Å²) >= 11 is -2.07. The standard InChI is InChI=1S/C25H16O2S/c26-28(27)23-15-7-11-19-18-10-3-6-14-22(18)25(24(19)23)20-12-4-1-8-16(20)17-9-2-5-13-21(17)25/h1-15H,(H,26,27). The molecule has 6 rings (SSSR count). The molecule has 0 radical (unpaired) electrons. The van der Waals surface area contributed by atoms with Crippen molar-refractivity contribution in [2.45, 2.75) is 10.3 Å². The van der Waals surface area contributed by atoms with Crippen LogP contribution in [0.5, 0.6) is 0 Å². The van der Waals surface area contributed by atoms with Crippen LogP contribution < -0.4 is 0 Å². The molecular weight excluding hydrogens is 364 g/mol. The zero-order chi connectivity index (χ0) is 18.9. The largest absolute Gasteiger partial charge is 0.302 e. The third-order valence-corrected chi connectivity index (χ3v) is 6.88. The van der Waals surface area contributed by atoms with Gasteiger partial charge >= 0.3 is 0 Å². The summed E-state index contributed by atoms with van der Waals surface area (Å²) < 4.78 is 22.6. The molecule has 4 aromatic rings. The molecule has 1 atom stereocenters. The van der Waals surface area contributed by atoms with E-state index in [1.54, 1.807) is 6.07 Å². The third kappa shape index (κ3) is 1.74. The highest BCUT2D eigenvalue weighted by molar-refractivity contribution is 7.79. The van der Waals surface area contributed by atoms with Crippen molar-refractivity contribution in [3.8, 4) is 22.3 Å². The van der Waals surface area contributed by atoms with Crippen LogP contribution in [0.1, 0.15) is 22.3 Å². The number of hydrogen-bond donors (Lipinski definition) is 1. The lowest BCUT2D eigenvalue weighted by molar-refractivity contribution is 0.561. The second kappa shape index (κ2) is 5.51. The molecule has 28 heavy (non-hydrogen) atoms. The highest BCUT2D eigenvalue weighted by atomic mass is 32.2. The average Bonchev–Trinajstić information content (AvgIpc) is 3.21. The van der Waals surface area contributed by atoms with Crippen LogP contribution in [0.15, 0.2) is 95.9 Å². The van der Waals surface area contributed by atoms with Gasteiger partial charge in [0.1, 0.15) is 0 Å². The van der Waals surface area contributed by atoms with E-state index in [1.807, 2.05) is 12.1 Å². The first-order chi connectivity index (χ1) is 13.7. The number of fused-ring (bicyclic) bond motifs is 10. The summed E-state index contributed by atoms with van der Waals surface area (Å²) in [5.74, 6) is 0. The topological polar surface area (TPSA) is 37.3 Å². The molecule has 0 amide bonds. The molecule has 0 bridgehead atoms. The Hall–Kier alpha value is -3.01. The molecule has 2 aliphatic carbocycles. The van der Waals surface area contributed by atoms with E-state index in [-0.39, 0.29) is 0 Å². The van der Waals surface area contributed by atoms with Gasteiger partial charge in [-0.25, -0.2) is 4.21 Å². The third-order valence-electron chi connectivity index (χ3n) is 6.16. The summed E-state index contributed by atoms with van der Waals surface area (Å²) in [4.78, 5) is 0.486. The first kappa shape index (κ1) is 16.0. The average molecular weight is 380 g/mol. The Balaban J connectivity index is 1.90. The summed E-state index contributed by atoms with van der Waals surface area (Å²) in [5.41, 5.74) is 8.49. The van der Waals surface area contributed by atoms with E-state index in [0.29, 0.717) is 4.90 Å². The molecule has 1 N–H and O–H groups in total. The minimum atomic E-state index is -2.07. The molecule has 4 aromatic carbocycles. The maximum atomic E-state index is 12.4. The minimum Gasteiger partial charge on any atom is -0.302 e. The van der Waals surface area contributed by atoms with Crippen LogP contribution in [0.25, 0.3) is 22.3 Å². The van der Waals surface area contributed by atoms with Crippen molar-refractivity contribution in [2.24, 2.45) is 0 Å². The molecule has 1 unspecified atom stereocenters. The molecule has 2 aliphatic rings. The van der Waals surface area contributed by atoms with Crippen LogP contribution in [0.4, 0.5) is 0 Å². The van der Waals surface area contributed by atoms with E-state index in [2.05, 4.69) is 72.8 Å². The van der Waals surface area contributed by atoms with Crippen LogP contribution in [0, 0.1) is 0 Å². The molecule has 0 aromatic heterocycles. The first-order valence-corrected chi connectivity index (χ1v) is 10.4. The van der Waals surface area contributed by atoms with Gasteiger partial charge in [0.15, 0.2) is 11.1 Å². The number of hydrogen-bond acceptors (Lipinski definition) is 1. The summed E-state index contributed by atoms with van der Waals surface area (Å²) in [6.45, 7) is 0. The Labute approximate surface area is 165 Å². The molecule has 134 valence electrons. The summed E-state index contributed by atoms with van der Waals surface area (Å²) in [6, 6.07) is 31.0. The molecular formula is C25H16O2S. The summed E-state index contributed by atoms with van der Waals surface area (Å²) in [6.07, 6.45) is 0. The van der Waals surface area contributed by atoms with Crippen LogP contribution in [0.3, 0.4) is 0 Å². The van der Waals surface area contributed by atoms with E-state index in [1.165, 1.54) is 27.8 Å². The maximum Gasteiger partial charge on any atom is 0.186 e. The Morgan fingerprint density at radius 1 is 0.571 bits per heavy atom. The SMILES string of the molecule is O=S(O)c1cccc2c1C1(c3ccccc3-c3ccccc31)c1ccccc1-2. The van der Waals surface area contributed by atoms with Crippen molar-refractivity contribution < 1.29 is 8.76 Å². The van der Waals surface area contributed by atoms with E-state index in [0.717, 1.165) is 16.7 Å². The van der Waals surface area contributed by atoms with Crippen molar-refractivity contribution in [1.82, 2.24) is 0 Å². The van der Waals surface area contributed by atoms with Gasteiger partial charge in [-0.15, -0.1) is 0 Å². The van der Waals surface area contributed by atoms with Crippen LogP contribution in [-0.4, -0.2) is 8.76 Å². The lowest BCUT2D eigenvalue weighted by Crippen LogP contribution is -2.27. The van der Waals surface area contributed by atoms with Crippen LogP contribution >= 0.6 is 0 Å². The van der Waals surface area contributed by atoms with Gasteiger partial charge in [-0.2, -0.15) is 0 Å². The molecule has 1 spiro atoms. The fourth-order valence-corrected chi connectivity index (χ4v) is 5.89. The number of benzene rings is 4. The first-order valence-electron chi connectivity index (χ1n) is 9.28. The zero-order valence-corrected chi connectivity index (χ0v) is 15.7. The van der Waals surface area contributed by atoms with Gasteiger partial charge < -0.3 is 4.55 Å². The monoisotopic (exact) mass is 380 g/mol. The second-order valence-corrected chi connectivity index (χ2v) is 8.25. The molecule has 0 saturated carbocycles. The van der Waals surface area contributed by atoms with Gasteiger partial charge in [0.05, 0.1) is 10.3 Å². The predicted molar refractivity (Wildman–Crippen MR) is 112 cm³/mol. The molecule has 0 fully saturated rings. The van der Waals surface area contributed by atoms with E-state index in [9.17, 15) is 8.76 Å². The Morgan fingerprint density at radius 3 is 1.50 bits per heavy atom.